The molecule has 0 bridgehead atoms. The molecule has 0 aliphatic carbocycles. The lowest BCUT2D eigenvalue weighted by Gasteiger charge is -2.33. The van der Waals surface area contributed by atoms with Crippen molar-refractivity contribution in [2.45, 2.75) is 39.0 Å². The second-order valence-electron chi connectivity index (χ2n) is 6.44. The van der Waals surface area contributed by atoms with Crippen molar-refractivity contribution >= 4 is 5.91 Å². The van der Waals surface area contributed by atoms with E-state index in [2.05, 4.69) is 34.2 Å². The lowest BCUT2D eigenvalue weighted by molar-refractivity contribution is -0.120. The number of hydrogen-bond acceptors (Lipinski definition) is 6. The van der Waals surface area contributed by atoms with Gasteiger partial charge in [-0.1, -0.05) is 35.5 Å². The SMILES string of the molecule is CC(C)N1CCO[C@H](c2nc(CC(=O)NCc3ccccc3)no2)C1. The van der Waals surface area contributed by atoms with E-state index in [1.807, 2.05) is 30.3 Å². The minimum absolute atomic E-state index is 0.0942. The van der Waals surface area contributed by atoms with Crippen molar-refractivity contribution in [3.8, 4) is 0 Å². The smallest absolute Gasteiger partial charge is 0.257 e. The molecular weight excluding hydrogens is 320 g/mol. The third-order valence-corrected chi connectivity index (χ3v) is 4.24. The van der Waals surface area contributed by atoms with E-state index in [9.17, 15) is 4.79 Å². The van der Waals surface area contributed by atoms with Gasteiger partial charge in [-0.25, -0.2) is 0 Å². The van der Waals surface area contributed by atoms with Crippen LogP contribution in [0.1, 0.15) is 37.2 Å². The molecule has 1 N–H and O–H groups in total. The number of ether oxygens (including phenoxy) is 1. The van der Waals surface area contributed by atoms with Gasteiger partial charge in [0, 0.05) is 25.7 Å². The van der Waals surface area contributed by atoms with E-state index < -0.39 is 0 Å². The minimum Gasteiger partial charge on any atom is -0.366 e. The van der Waals surface area contributed by atoms with E-state index in [0.717, 1.165) is 18.7 Å². The van der Waals surface area contributed by atoms with Crippen LogP contribution in [0, 0.1) is 0 Å². The van der Waals surface area contributed by atoms with Gasteiger partial charge < -0.3 is 14.6 Å². The van der Waals surface area contributed by atoms with Crippen molar-refractivity contribution < 1.29 is 14.1 Å². The number of carbonyl (C=O) groups is 1. The van der Waals surface area contributed by atoms with Gasteiger partial charge in [0.1, 0.15) is 6.10 Å². The Labute approximate surface area is 147 Å². The van der Waals surface area contributed by atoms with Gasteiger partial charge >= 0.3 is 0 Å². The van der Waals surface area contributed by atoms with Gasteiger partial charge in [0.2, 0.25) is 5.91 Å². The molecule has 0 spiro atoms. The first-order chi connectivity index (χ1) is 12.1. The van der Waals surface area contributed by atoms with Crippen LogP contribution >= 0.6 is 0 Å². The zero-order valence-corrected chi connectivity index (χ0v) is 14.6. The average molecular weight is 344 g/mol. The van der Waals surface area contributed by atoms with Gasteiger partial charge in [-0.3, -0.25) is 9.69 Å². The molecule has 7 heteroatoms. The number of aromatic nitrogens is 2. The predicted octanol–water partition coefficient (Wildman–Crippen LogP) is 1.71. The maximum Gasteiger partial charge on any atom is 0.257 e. The normalized spacial score (nSPS) is 18.4. The molecule has 1 saturated heterocycles. The molecule has 1 aliphatic rings. The number of morpholine rings is 1. The third-order valence-electron chi connectivity index (χ3n) is 4.24. The molecule has 1 aliphatic heterocycles. The van der Waals surface area contributed by atoms with E-state index in [0.29, 0.717) is 30.9 Å². The van der Waals surface area contributed by atoms with Crippen LogP contribution in [0.5, 0.6) is 0 Å². The molecule has 1 aromatic heterocycles. The van der Waals surface area contributed by atoms with Crippen LogP contribution in [0.15, 0.2) is 34.9 Å². The van der Waals surface area contributed by atoms with Gasteiger partial charge in [0.15, 0.2) is 5.82 Å². The number of nitrogens with zero attached hydrogens (tertiary/aromatic N) is 3. The Hall–Kier alpha value is -2.25. The van der Waals surface area contributed by atoms with E-state index in [4.69, 9.17) is 9.26 Å². The summed E-state index contributed by atoms with van der Waals surface area (Å²) in [6, 6.07) is 10.2. The molecule has 25 heavy (non-hydrogen) atoms. The summed E-state index contributed by atoms with van der Waals surface area (Å²) in [6.45, 7) is 7.05. The Morgan fingerprint density at radius 3 is 2.92 bits per heavy atom. The minimum atomic E-state index is -0.232. The first-order valence-corrected chi connectivity index (χ1v) is 8.60. The Morgan fingerprint density at radius 2 is 2.16 bits per heavy atom. The van der Waals surface area contributed by atoms with Gasteiger partial charge in [-0.15, -0.1) is 0 Å². The first kappa shape index (κ1) is 17.6. The van der Waals surface area contributed by atoms with Crippen molar-refractivity contribution in [3.63, 3.8) is 0 Å². The number of rotatable bonds is 6. The second kappa shape index (κ2) is 8.22. The fraction of sp³-hybridized carbons (Fsp3) is 0.500. The molecule has 1 fully saturated rings. The molecular formula is C18H24N4O3. The Bertz CT molecular complexity index is 687. The highest BCUT2D eigenvalue weighted by molar-refractivity contribution is 5.77. The summed E-state index contributed by atoms with van der Waals surface area (Å²) in [5, 5.41) is 6.77. The number of amides is 1. The first-order valence-electron chi connectivity index (χ1n) is 8.60. The monoisotopic (exact) mass is 344 g/mol. The molecule has 1 aromatic carbocycles. The Kier molecular flexibility index (Phi) is 5.78. The molecule has 2 aromatic rings. The molecule has 0 saturated carbocycles. The largest absolute Gasteiger partial charge is 0.366 e. The summed E-state index contributed by atoms with van der Waals surface area (Å²) in [7, 11) is 0. The Morgan fingerprint density at radius 1 is 1.36 bits per heavy atom. The van der Waals surface area contributed by atoms with E-state index >= 15 is 0 Å². The molecule has 0 unspecified atom stereocenters. The molecule has 134 valence electrons. The van der Waals surface area contributed by atoms with Crippen LogP contribution in [0.25, 0.3) is 0 Å². The maximum atomic E-state index is 12.0. The summed E-state index contributed by atoms with van der Waals surface area (Å²) in [6.07, 6.45) is -0.137. The quantitative estimate of drug-likeness (QED) is 0.859. The van der Waals surface area contributed by atoms with E-state index in [1.54, 1.807) is 0 Å². The zero-order chi connectivity index (χ0) is 17.6. The van der Waals surface area contributed by atoms with Gasteiger partial charge in [0.25, 0.3) is 5.89 Å². The van der Waals surface area contributed by atoms with Gasteiger partial charge in [-0.05, 0) is 19.4 Å². The van der Waals surface area contributed by atoms with E-state index in [-0.39, 0.29) is 18.4 Å². The molecule has 7 nitrogen and oxygen atoms in total. The van der Waals surface area contributed by atoms with Crippen LogP contribution in [-0.2, 0) is 22.5 Å². The van der Waals surface area contributed by atoms with Crippen LogP contribution in [-0.4, -0.2) is 46.7 Å². The standard InChI is InChI=1S/C18H24N4O3/c1-13(2)22-8-9-24-15(12-22)18-20-16(21-25-18)10-17(23)19-11-14-6-4-3-5-7-14/h3-7,13,15H,8-12H2,1-2H3,(H,19,23)/t15-/m0/s1. The maximum absolute atomic E-state index is 12.0. The summed E-state index contributed by atoms with van der Waals surface area (Å²) in [4.78, 5) is 18.7. The van der Waals surface area contributed by atoms with Crippen molar-refractivity contribution in [3.05, 3.63) is 47.6 Å². The summed E-state index contributed by atoms with van der Waals surface area (Å²) in [5.41, 5.74) is 1.05. The van der Waals surface area contributed by atoms with Crippen molar-refractivity contribution in [2.24, 2.45) is 0 Å². The number of hydrogen-bond donors (Lipinski definition) is 1. The molecule has 1 atom stereocenters. The highest BCUT2D eigenvalue weighted by Crippen LogP contribution is 2.22. The lowest BCUT2D eigenvalue weighted by atomic mass is 10.2. The summed E-state index contributed by atoms with van der Waals surface area (Å²) < 4.78 is 11.0. The van der Waals surface area contributed by atoms with Crippen LogP contribution in [0.4, 0.5) is 0 Å². The van der Waals surface area contributed by atoms with Crippen molar-refractivity contribution in [1.29, 1.82) is 0 Å². The highest BCUT2D eigenvalue weighted by Gasteiger charge is 2.28. The lowest BCUT2D eigenvalue weighted by Crippen LogP contribution is -2.42. The topological polar surface area (TPSA) is 80.5 Å². The van der Waals surface area contributed by atoms with Crippen molar-refractivity contribution in [2.75, 3.05) is 19.7 Å². The third kappa shape index (κ3) is 4.87. The average Bonchev–Trinajstić information content (AvgIpc) is 3.09. The number of benzene rings is 1. The molecule has 3 rings (SSSR count). The fourth-order valence-electron chi connectivity index (χ4n) is 2.76. The van der Waals surface area contributed by atoms with E-state index in [1.165, 1.54) is 0 Å². The fourth-order valence-corrected chi connectivity index (χ4v) is 2.76. The second-order valence-corrected chi connectivity index (χ2v) is 6.44. The highest BCUT2D eigenvalue weighted by atomic mass is 16.5. The summed E-state index contributed by atoms with van der Waals surface area (Å²) in [5.74, 6) is 0.687. The van der Waals surface area contributed by atoms with Crippen molar-refractivity contribution in [1.82, 2.24) is 20.4 Å². The molecule has 1 amide bonds. The number of carbonyl (C=O) groups excluding carboxylic acids is 1. The molecule has 2 heterocycles. The van der Waals surface area contributed by atoms with Gasteiger partial charge in [-0.2, -0.15) is 4.98 Å². The van der Waals surface area contributed by atoms with Crippen LogP contribution in [0.3, 0.4) is 0 Å². The van der Waals surface area contributed by atoms with Crippen LogP contribution in [0.2, 0.25) is 0 Å². The Balaban J connectivity index is 1.52. The van der Waals surface area contributed by atoms with Gasteiger partial charge in [0.05, 0.1) is 13.0 Å². The molecule has 0 radical (unpaired) electrons. The number of nitrogens with one attached hydrogen (secondary N) is 1. The summed E-state index contributed by atoms with van der Waals surface area (Å²) >= 11 is 0. The zero-order valence-electron chi connectivity index (χ0n) is 14.6. The predicted molar refractivity (Wildman–Crippen MR) is 91.7 cm³/mol. The van der Waals surface area contributed by atoms with Crippen LogP contribution < -0.4 is 5.32 Å².